The quantitative estimate of drug-likeness (QED) is 0.458. The molecule has 0 aliphatic carbocycles. The van der Waals surface area contributed by atoms with E-state index in [0.29, 0.717) is 21.9 Å². The van der Waals surface area contributed by atoms with E-state index in [1.165, 1.54) is 6.33 Å². The van der Waals surface area contributed by atoms with Crippen LogP contribution < -0.4 is 16.4 Å². The van der Waals surface area contributed by atoms with Gasteiger partial charge in [-0.3, -0.25) is 0 Å². The molecule has 1 aromatic carbocycles. The van der Waals surface area contributed by atoms with Gasteiger partial charge >= 0.3 is 6.18 Å². The summed E-state index contributed by atoms with van der Waals surface area (Å²) in [6, 6.07) is 5.52. The van der Waals surface area contributed by atoms with E-state index in [1.54, 1.807) is 18.2 Å². The SMILES string of the molecule is Nc1c(Nc2cc(Cl)cc(Cl)c2)ncnc1Nc1ncc(C(F)(F)F)cc1Cl. The predicted molar refractivity (Wildman–Crippen MR) is 104 cm³/mol. The predicted octanol–water partition coefficient (Wildman–Crippen LogP) is 5.92. The van der Waals surface area contributed by atoms with Crippen LogP contribution in [-0.4, -0.2) is 15.0 Å². The normalized spacial score (nSPS) is 11.4. The highest BCUT2D eigenvalue weighted by Crippen LogP contribution is 2.35. The van der Waals surface area contributed by atoms with Crippen LogP contribution in [-0.2, 0) is 6.18 Å². The molecule has 4 N–H and O–H groups in total. The number of hydrogen-bond acceptors (Lipinski definition) is 6. The highest BCUT2D eigenvalue weighted by atomic mass is 35.5. The monoisotopic (exact) mass is 448 g/mol. The van der Waals surface area contributed by atoms with Crippen molar-refractivity contribution in [1.82, 2.24) is 15.0 Å². The molecule has 0 aliphatic rings. The first-order chi connectivity index (χ1) is 13.1. The summed E-state index contributed by atoms with van der Waals surface area (Å²) in [6.07, 6.45) is -2.71. The van der Waals surface area contributed by atoms with E-state index >= 15 is 0 Å². The highest BCUT2D eigenvalue weighted by Gasteiger charge is 2.31. The van der Waals surface area contributed by atoms with Crippen LogP contribution in [0.25, 0.3) is 0 Å². The average molecular weight is 450 g/mol. The average Bonchev–Trinajstić information content (AvgIpc) is 2.58. The van der Waals surface area contributed by atoms with Crippen molar-refractivity contribution in [1.29, 1.82) is 0 Å². The van der Waals surface area contributed by atoms with Crippen LogP contribution in [0.15, 0.2) is 36.8 Å². The van der Waals surface area contributed by atoms with Gasteiger partial charge in [-0.2, -0.15) is 13.2 Å². The van der Waals surface area contributed by atoms with Gasteiger partial charge in [0.05, 0.1) is 10.6 Å². The number of nitrogens with one attached hydrogen (secondary N) is 2. The van der Waals surface area contributed by atoms with Gasteiger partial charge in [0.15, 0.2) is 11.6 Å². The molecule has 0 bridgehead atoms. The zero-order chi connectivity index (χ0) is 20.5. The Labute approximate surface area is 171 Å². The van der Waals surface area contributed by atoms with Crippen LogP contribution in [0.5, 0.6) is 0 Å². The molecule has 0 spiro atoms. The largest absolute Gasteiger partial charge is 0.417 e. The van der Waals surface area contributed by atoms with E-state index < -0.39 is 11.7 Å². The molecular formula is C16H10Cl3F3N6. The molecule has 0 saturated heterocycles. The highest BCUT2D eigenvalue weighted by molar-refractivity contribution is 6.35. The van der Waals surface area contributed by atoms with E-state index in [0.717, 1.165) is 6.07 Å². The maximum absolute atomic E-state index is 12.7. The molecule has 3 rings (SSSR count). The van der Waals surface area contributed by atoms with E-state index in [-0.39, 0.29) is 28.2 Å². The molecule has 146 valence electrons. The van der Waals surface area contributed by atoms with Crippen molar-refractivity contribution in [2.24, 2.45) is 0 Å². The van der Waals surface area contributed by atoms with Crippen LogP contribution >= 0.6 is 34.8 Å². The van der Waals surface area contributed by atoms with Crippen molar-refractivity contribution in [2.45, 2.75) is 6.18 Å². The van der Waals surface area contributed by atoms with Crippen LogP contribution in [0.2, 0.25) is 15.1 Å². The van der Waals surface area contributed by atoms with Crippen LogP contribution in [0.4, 0.5) is 42.0 Å². The zero-order valence-electron chi connectivity index (χ0n) is 13.7. The fourth-order valence-electron chi connectivity index (χ4n) is 2.15. The summed E-state index contributed by atoms with van der Waals surface area (Å²) in [4.78, 5) is 11.7. The maximum atomic E-state index is 12.7. The lowest BCUT2D eigenvalue weighted by molar-refractivity contribution is -0.137. The summed E-state index contributed by atoms with van der Waals surface area (Å²) in [5.41, 5.74) is 5.67. The number of hydrogen-bond donors (Lipinski definition) is 3. The Kier molecular flexibility index (Phi) is 5.69. The van der Waals surface area contributed by atoms with Gasteiger partial charge < -0.3 is 16.4 Å². The smallest absolute Gasteiger partial charge is 0.393 e. The summed E-state index contributed by atoms with van der Waals surface area (Å²) in [6.45, 7) is 0. The summed E-state index contributed by atoms with van der Waals surface area (Å²) in [5.74, 6) is 0.274. The lowest BCUT2D eigenvalue weighted by atomic mass is 10.2. The number of aromatic nitrogens is 3. The van der Waals surface area contributed by atoms with Gasteiger partial charge in [-0.15, -0.1) is 0 Å². The van der Waals surface area contributed by atoms with Crippen molar-refractivity contribution >= 4 is 63.6 Å². The fraction of sp³-hybridized carbons (Fsp3) is 0.0625. The van der Waals surface area contributed by atoms with Crippen molar-refractivity contribution in [3.63, 3.8) is 0 Å². The molecule has 0 amide bonds. The molecular weight excluding hydrogens is 440 g/mol. The second kappa shape index (κ2) is 7.86. The van der Waals surface area contributed by atoms with Crippen LogP contribution in [0, 0.1) is 0 Å². The number of benzene rings is 1. The topological polar surface area (TPSA) is 88.8 Å². The number of alkyl halides is 3. The lowest BCUT2D eigenvalue weighted by Crippen LogP contribution is -2.08. The van der Waals surface area contributed by atoms with E-state index in [9.17, 15) is 13.2 Å². The molecule has 0 aliphatic heterocycles. The Balaban J connectivity index is 1.87. The summed E-state index contributed by atoms with van der Waals surface area (Å²) >= 11 is 17.8. The fourth-order valence-corrected chi connectivity index (χ4v) is 2.89. The van der Waals surface area contributed by atoms with Crippen molar-refractivity contribution in [2.75, 3.05) is 16.4 Å². The Morgan fingerprint density at radius 3 is 2.00 bits per heavy atom. The minimum absolute atomic E-state index is 0.0446. The second-order valence-corrected chi connectivity index (χ2v) is 6.72. The molecule has 0 atom stereocenters. The Bertz CT molecular complexity index is 1010. The Morgan fingerprint density at radius 2 is 1.43 bits per heavy atom. The van der Waals surface area contributed by atoms with Gasteiger partial charge in [0.25, 0.3) is 0 Å². The van der Waals surface area contributed by atoms with Gasteiger partial charge in [-0.1, -0.05) is 34.8 Å². The van der Waals surface area contributed by atoms with Crippen LogP contribution in [0.1, 0.15) is 5.56 Å². The number of pyridine rings is 1. The van der Waals surface area contributed by atoms with E-state index in [2.05, 4.69) is 25.6 Å². The first-order valence-corrected chi connectivity index (χ1v) is 8.60. The third-order valence-corrected chi connectivity index (χ3v) is 4.14. The molecule has 0 unspecified atom stereocenters. The first kappa shape index (κ1) is 20.2. The molecule has 12 heteroatoms. The van der Waals surface area contributed by atoms with Crippen LogP contribution in [0.3, 0.4) is 0 Å². The third kappa shape index (κ3) is 4.67. The zero-order valence-corrected chi connectivity index (χ0v) is 15.9. The Hall–Kier alpha value is -2.49. The molecule has 3 aromatic rings. The van der Waals surface area contributed by atoms with E-state index in [4.69, 9.17) is 40.5 Å². The Morgan fingerprint density at radius 1 is 0.821 bits per heavy atom. The molecule has 6 nitrogen and oxygen atoms in total. The minimum Gasteiger partial charge on any atom is -0.393 e. The first-order valence-electron chi connectivity index (χ1n) is 7.47. The third-order valence-electron chi connectivity index (χ3n) is 3.41. The number of rotatable bonds is 4. The lowest BCUT2D eigenvalue weighted by Gasteiger charge is -2.14. The molecule has 28 heavy (non-hydrogen) atoms. The van der Waals surface area contributed by atoms with Gasteiger partial charge in [-0.05, 0) is 24.3 Å². The second-order valence-electron chi connectivity index (χ2n) is 5.44. The van der Waals surface area contributed by atoms with Crippen molar-refractivity contribution < 1.29 is 13.2 Å². The summed E-state index contributed by atoms with van der Waals surface area (Å²) in [5, 5.41) is 6.19. The molecule has 2 heterocycles. The van der Waals surface area contributed by atoms with Gasteiger partial charge in [-0.25, -0.2) is 15.0 Å². The molecule has 0 radical (unpaired) electrons. The van der Waals surface area contributed by atoms with Gasteiger partial charge in [0.1, 0.15) is 17.8 Å². The van der Waals surface area contributed by atoms with Gasteiger partial charge in [0.2, 0.25) is 0 Å². The number of nitrogen functional groups attached to an aromatic ring is 1. The van der Waals surface area contributed by atoms with Crippen molar-refractivity contribution in [3.8, 4) is 0 Å². The number of anilines is 5. The molecule has 0 saturated carbocycles. The standard InChI is InChI=1S/C16H10Cl3F3N6/c17-8-2-9(18)4-10(3-8)27-14-12(23)15(26-6-25-14)28-13-11(19)1-7(5-24-13)16(20,21)22/h1-6H,23H2,(H2,24,25,26,27,28). The maximum Gasteiger partial charge on any atom is 0.417 e. The number of nitrogens with two attached hydrogens (primary N) is 1. The number of nitrogens with zero attached hydrogens (tertiary/aromatic N) is 3. The van der Waals surface area contributed by atoms with Gasteiger partial charge in [0, 0.05) is 21.9 Å². The molecule has 0 fully saturated rings. The summed E-state index contributed by atoms with van der Waals surface area (Å²) < 4.78 is 38.2. The van der Waals surface area contributed by atoms with E-state index in [1.807, 2.05) is 0 Å². The number of halogens is 6. The minimum atomic E-state index is -4.56. The molecule has 2 aromatic heterocycles. The van der Waals surface area contributed by atoms with Crippen molar-refractivity contribution in [3.05, 3.63) is 57.4 Å². The summed E-state index contributed by atoms with van der Waals surface area (Å²) in [7, 11) is 0.